The Morgan fingerprint density at radius 3 is 3.14 bits per heavy atom. The highest BCUT2D eigenvalue weighted by atomic mass is 16.2. The van der Waals surface area contributed by atoms with E-state index in [1.165, 1.54) is 0 Å². The number of nitrogens with zero attached hydrogens (tertiary/aromatic N) is 3. The second-order valence-electron chi connectivity index (χ2n) is 6.03. The number of aromatic amines is 1. The summed E-state index contributed by atoms with van der Waals surface area (Å²) in [5, 5.41) is 4.49. The first-order valence-electron chi connectivity index (χ1n) is 8.03. The van der Waals surface area contributed by atoms with Crippen molar-refractivity contribution >= 4 is 22.8 Å². The lowest BCUT2D eigenvalue weighted by molar-refractivity contribution is -0.134. The maximum absolute atomic E-state index is 12.2. The van der Waals surface area contributed by atoms with Crippen LogP contribution in [-0.2, 0) is 4.79 Å². The number of hydrogen-bond acceptors (Lipinski definition) is 4. The van der Waals surface area contributed by atoms with Crippen LogP contribution in [0.2, 0.25) is 0 Å². The highest BCUT2D eigenvalue weighted by Crippen LogP contribution is 2.24. The van der Waals surface area contributed by atoms with Gasteiger partial charge in [-0.05, 0) is 32.3 Å². The van der Waals surface area contributed by atoms with Crippen molar-refractivity contribution in [3.05, 3.63) is 18.6 Å². The Morgan fingerprint density at radius 2 is 2.32 bits per heavy atom. The van der Waals surface area contributed by atoms with Crippen molar-refractivity contribution < 1.29 is 4.79 Å². The molecule has 2 N–H and O–H groups in total. The number of aromatic nitrogens is 3. The first-order chi connectivity index (χ1) is 10.7. The molecule has 0 bridgehead atoms. The second-order valence-corrected chi connectivity index (χ2v) is 6.03. The molecule has 1 aliphatic rings. The standard InChI is InChI=1S/C16H23N5O/c1-3-4-14(22)21-9-12(6-5-11(21)2)20-16-13-7-8-17-15(13)18-10-19-16/h7-8,10-12H,3-6,9H2,1-2H3,(H2,17,18,19,20). The van der Waals surface area contributed by atoms with Crippen LogP contribution in [0.5, 0.6) is 0 Å². The Morgan fingerprint density at radius 1 is 1.45 bits per heavy atom. The topological polar surface area (TPSA) is 73.9 Å². The fraction of sp³-hybridized carbons (Fsp3) is 0.562. The normalized spacial score (nSPS) is 22.0. The largest absolute Gasteiger partial charge is 0.365 e. The molecule has 6 heteroatoms. The Kier molecular flexibility index (Phi) is 4.27. The molecule has 2 aromatic heterocycles. The van der Waals surface area contributed by atoms with Gasteiger partial charge in [0.25, 0.3) is 0 Å². The average molecular weight is 301 g/mol. The summed E-state index contributed by atoms with van der Waals surface area (Å²) in [6.45, 7) is 4.93. The Bertz CT molecular complexity index is 653. The molecule has 3 rings (SSSR count). The van der Waals surface area contributed by atoms with Crippen LogP contribution in [0.1, 0.15) is 39.5 Å². The average Bonchev–Trinajstić information content (AvgIpc) is 2.99. The van der Waals surface area contributed by atoms with Gasteiger partial charge in [0.05, 0.1) is 5.39 Å². The molecule has 3 heterocycles. The minimum atomic E-state index is 0.241. The van der Waals surface area contributed by atoms with Crippen LogP contribution < -0.4 is 5.32 Å². The van der Waals surface area contributed by atoms with Gasteiger partial charge >= 0.3 is 0 Å². The Balaban J connectivity index is 1.73. The molecule has 0 saturated carbocycles. The number of nitrogens with one attached hydrogen (secondary N) is 2. The number of likely N-dealkylation sites (tertiary alicyclic amines) is 1. The molecule has 1 amide bonds. The molecular weight excluding hydrogens is 278 g/mol. The quantitative estimate of drug-likeness (QED) is 0.910. The van der Waals surface area contributed by atoms with Crippen molar-refractivity contribution in [1.82, 2.24) is 19.9 Å². The number of piperidine rings is 1. The summed E-state index contributed by atoms with van der Waals surface area (Å²) in [4.78, 5) is 25.9. The van der Waals surface area contributed by atoms with Gasteiger partial charge in [-0.3, -0.25) is 4.79 Å². The van der Waals surface area contributed by atoms with E-state index in [2.05, 4.69) is 27.2 Å². The zero-order valence-corrected chi connectivity index (χ0v) is 13.2. The molecule has 1 saturated heterocycles. The monoisotopic (exact) mass is 301 g/mol. The number of H-pyrrole nitrogens is 1. The number of amides is 1. The van der Waals surface area contributed by atoms with E-state index >= 15 is 0 Å². The molecule has 0 radical (unpaired) electrons. The minimum absolute atomic E-state index is 0.241. The maximum atomic E-state index is 12.2. The van der Waals surface area contributed by atoms with Crippen LogP contribution in [0, 0.1) is 0 Å². The minimum Gasteiger partial charge on any atom is -0.365 e. The first kappa shape index (κ1) is 14.8. The predicted molar refractivity (Wildman–Crippen MR) is 86.6 cm³/mol. The molecule has 118 valence electrons. The van der Waals surface area contributed by atoms with Crippen molar-refractivity contribution in [3.8, 4) is 0 Å². The highest BCUT2D eigenvalue weighted by Gasteiger charge is 2.28. The van der Waals surface area contributed by atoms with E-state index < -0.39 is 0 Å². The number of anilines is 1. The predicted octanol–water partition coefficient (Wildman–Crippen LogP) is 2.55. The van der Waals surface area contributed by atoms with E-state index in [0.717, 1.165) is 42.7 Å². The number of rotatable bonds is 4. The van der Waals surface area contributed by atoms with E-state index in [9.17, 15) is 4.79 Å². The zero-order valence-electron chi connectivity index (χ0n) is 13.2. The van der Waals surface area contributed by atoms with Gasteiger partial charge in [-0.1, -0.05) is 6.92 Å². The molecule has 2 aromatic rings. The molecule has 0 aliphatic carbocycles. The van der Waals surface area contributed by atoms with E-state index in [1.54, 1.807) is 6.33 Å². The Labute approximate surface area is 130 Å². The van der Waals surface area contributed by atoms with Crippen LogP contribution in [0.15, 0.2) is 18.6 Å². The summed E-state index contributed by atoms with van der Waals surface area (Å²) in [6.07, 6.45) is 7.03. The lowest BCUT2D eigenvalue weighted by Crippen LogP contribution is -2.49. The van der Waals surface area contributed by atoms with Crippen LogP contribution in [-0.4, -0.2) is 44.4 Å². The summed E-state index contributed by atoms with van der Waals surface area (Å²) in [6, 6.07) is 2.54. The zero-order chi connectivity index (χ0) is 15.5. The lowest BCUT2D eigenvalue weighted by Gasteiger charge is -2.38. The van der Waals surface area contributed by atoms with Gasteiger partial charge in [-0.25, -0.2) is 9.97 Å². The fourth-order valence-electron chi connectivity index (χ4n) is 3.11. The third kappa shape index (κ3) is 2.91. The molecule has 0 aromatic carbocycles. The smallest absolute Gasteiger partial charge is 0.222 e. The SMILES string of the molecule is CCCC(=O)N1CC(Nc2ncnc3[nH]ccc23)CCC1C. The van der Waals surface area contributed by atoms with E-state index in [4.69, 9.17) is 0 Å². The van der Waals surface area contributed by atoms with Crippen molar-refractivity contribution in [2.45, 2.75) is 51.6 Å². The summed E-state index contributed by atoms with van der Waals surface area (Å²) in [5.74, 6) is 1.10. The molecule has 22 heavy (non-hydrogen) atoms. The van der Waals surface area contributed by atoms with E-state index in [-0.39, 0.29) is 11.9 Å². The van der Waals surface area contributed by atoms with Crippen LogP contribution >= 0.6 is 0 Å². The molecule has 2 atom stereocenters. The van der Waals surface area contributed by atoms with Crippen LogP contribution in [0.3, 0.4) is 0 Å². The summed E-state index contributed by atoms with van der Waals surface area (Å²) in [7, 11) is 0. The van der Waals surface area contributed by atoms with Crippen molar-refractivity contribution in [1.29, 1.82) is 0 Å². The molecule has 1 aliphatic heterocycles. The van der Waals surface area contributed by atoms with E-state index in [1.807, 2.05) is 24.1 Å². The van der Waals surface area contributed by atoms with Gasteiger partial charge in [-0.15, -0.1) is 0 Å². The van der Waals surface area contributed by atoms with Crippen LogP contribution in [0.4, 0.5) is 5.82 Å². The molecule has 1 fully saturated rings. The van der Waals surface area contributed by atoms with Crippen molar-refractivity contribution in [3.63, 3.8) is 0 Å². The van der Waals surface area contributed by atoms with Gasteiger partial charge in [0.1, 0.15) is 17.8 Å². The molecule has 2 unspecified atom stereocenters. The number of hydrogen-bond donors (Lipinski definition) is 2. The first-order valence-corrected chi connectivity index (χ1v) is 8.03. The third-order valence-corrected chi connectivity index (χ3v) is 4.36. The molecule has 0 spiro atoms. The fourth-order valence-corrected chi connectivity index (χ4v) is 3.11. The third-order valence-electron chi connectivity index (χ3n) is 4.36. The van der Waals surface area contributed by atoms with E-state index in [0.29, 0.717) is 12.5 Å². The van der Waals surface area contributed by atoms with Gasteiger partial charge in [0.15, 0.2) is 0 Å². The highest BCUT2D eigenvalue weighted by molar-refractivity contribution is 5.86. The lowest BCUT2D eigenvalue weighted by atomic mass is 9.98. The maximum Gasteiger partial charge on any atom is 0.222 e. The second kappa shape index (κ2) is 6.34. The van der Waals surface area contributed by atoms with Gasteiger partial charge in [-0.2, -0.15) is 0 Å². The van der Waals surface area contributed by atoms with Crippen LogP contribution in [0.25, 0.3) is 11.0 Å². The Hall–Kier alpha value is -2.11. The number of fused-ring (bicyclic) bond motifs is 1. The summed E-state index contributed by atoms with van der Waals surface area (Å²) < 4.78 is 0. The van der Waals surface area contributed by atoms with Gasteiger partial charge in [0, 0.05) is 31.2 Å². The van der Waals surface area contributed by atoms with Crippen molar-refractivity contribution in [2.24, 2.45) is 0 Å². The van der Waals surface area contributed by atoms with Crippen molar-refractivity contribution in [2.75, 3.05) is 11.9 Å². The van der Waals surface area contributed by atoms with Gasteiger partial charge in [0.2, 0.25) is 5.91 Å². The van der Waals surface area contributed by atoms with Gasteiger partial charge < -0.3 is 15.2 Å². The molecule has 6 nitrogen and oxygen atoms in total. The molecular formula is C16H23N5O. The number of carbonyl (C=O) groups excluding carboxylic acids is 1. The summed E-state index contributed by atoms with van der Waals surface area (Å²) >= 11 is 0. The number of carbonyl (C=O) groups is 1. The summed E-state index contributed by atoms with van der Waals surface area (Å²) in [5.41, 5.74) is 0.834.